The number of rotatable bonds is 5. The van der Waals surface area contributed by atoms with Crippen LogP contribution in [0.5, 0.6) is 5.75 Å². The van der Waals surface area contributed by atoms with E-state index in [1.807, 2.05) is 77.4 Å². The molecule has 5 rings (SSSR count). The Morgan fingerprint density at radius 1 is 0.944 bits per heavy atom. The lowest BCUT2D eigenvalue weighted by Crippen LogP contribution is -2.47. The Morgan fingerprint density at radius 3 is 2.28 bits per heavy atom. The van der Waals surface area contributed by atoms with Gasteiger partial charge in [-0.3, -0.25) is 9.59 Å². The van der Waals surface area contributed by atoms with Crippen LogP contribution in [-0.2, 0) is 4.79 Å². The first-order chi connectivity index (χ1) is 17.4. The van der Waals surface area contributed by atoms with Gasteiger partial charge in [-0.05, 0) is 99.2 Å². The number of hydrogen-bond donors (Lipinski definition) is 0. The highest BCUT2D eigenvalue weighted by atomic mass is 35.5. The maximum absolute atomic E-state index is 13.7. The van der Waals surface area contributed by atoms with Crippen LogP contribution in [0.2, 0.25) is 5.02 Å². The molecular weight excluding hydrogens is 472 g/mol. The third-order valence-electron chi connectivity index (χ3n) is 7.24. The number of nitrogens with zero attached hydrogens (tertiary/aromatic N) is 2. The molecule has 3 aromatic rings. The summed E-state index contributed by atoms with van der Waals surface area (Å²) in [7, 11) is 0. The molecule has 186 valence electrons. The number of ether oxygens (including phenoxy) is 1. The van der Waals surface area contributed by atoms with E-state index in [1.165, 1.54) is 12.8 Å². The summed E-state index contributed by atoms with van der Waals surface area (Å²) in [5, 5.41) is 0.621. The molecule has 1 heterocycles. The van der Waals surface area contributed by atoms with Crippen LogP contribution < -0.4 is 14.5 Å². The van der Waals surface area contributed by atoms with Crippen LogP contribution in [0.4, 0.5) is 11.4 Å². The van der Waals surface area contributed by atoms with Gasteiger partial charge in [-0.25, -0.2) is 0 Å². The van der Waals surface area contributed by atoms with Gasteiger partial charge < -0.3 is 14.5 Å². The summed E-state index contributed by atoms with van der Waals surface area (Å²) in [6.45, 7) is 3.62. The van der Waals surface area contributed by atoms with Gasteiger partial charge in [0.25, 0.3) is 5.91 Å². The summed E-state index contributed by atoms with van der Waals surface area (Å²) in [5.41, 5.74) is 3.19. The molecule has 36 heavy (non-hydrogen) atoms. The molecule has 0 aromatic heterocycles. The number of carbonyl (C=O) groups excluding carboxylic acids is 2. The second-order valence-corrected chi connectivity index (χ2v) is 10.2. The number of benzene rings is 3. The number of fused-ring (bicyclic) bond motifs is 1. The van der Waals surface area contributed by atoms with Crippen LogP contribution in [0.3, 0.4) is 0 Å². The highest BCUT2D eigenvalue weighted by Crippen LogP contribution is 2.43. The zero-order valence-electron chi connectivity index (χ0n) is 20.7. The summed E-state index contributed by atoms with van der Waals surface area (Å²) in [6.07, 6.45) is 5.52. The van der Waals surface area contributed by atoms with E-state index in [2.05, 4.69) is 0 Å². The summed E-state index contributed by atoms with van der Waals surface area (Å²) in [6, 6.07) is 22.4. The smallest absolute Gasteiger partial charge is 0.258 e. The van der Waals surface area contributed by atoms with Gasteiger partial charge in [0.05, 0.1) is 12.1 Å². The lowest BCUT2D eigenvalue weighted by atomic mass is 9.89. The first-order valence-corrected chi connectivity index (χ1v) is 13.0. The van der Waals surface area contributed by atoms with Crippen LogP contribution in [0.25, 0.3) is 0 Å². The summed E-state index contributed by atoms with van der Waals surface area (Å²) in [5.74, 6) is 0.703. The second-order valence-electron chi connectivity index (χ2n) is 9.75. The predicted molar refractivity (Wildman–Crippen MR) is 144 cm³/mol. The molecule has 2 amide bonds. The minimum atomic E-state index is -0.193. The first-order valence-electron chi connectivity index (χ1n) is 12.7. The van der Waals surface area contributed by atoms with Crippen LogP contribution in [0, 0.1) is 0 Å². The van der Waals surface area contributed by atoms with E-state index >= 15 is 0 Å². The number of amides is 2. The standard InChI is InChI=1S/C30H31ClN2O3/c1-20-19-29(33(21(2)34)24-15-13-23(31)14-16-24)27-9-5-6-10-28(27)32(20)30(35)22-11-17-26(18-12-22)36-25-7-3-4-8-25/h5-6,9-18,20,25,29H,3-4,7-8,19H2,1-2H3/t20-,29+/m1/s1. The lowest BCUT2D eigenvalue weighted by molar-refractivity contribution is -0.117. The number of hydrogen-bond acceptors (Lipinski definition) is 3. The molecule has 1 fully saturated rings. The van der Waals surface area contributed by atoms with E-state index in [0.717, 1.165) is 35.5 Å². The number of halogens is 1. The number of anilines is 2. The van der Waals surface area contributed by atoms with Gasteiger partial charge in [-0.2, -0.15) is 0 Å². The minimum Gasteiger partial charge on any atom is -0.490 e. The Labute approximate surface area is 217 Å². The Hall–Kier alpha value is -3.31. The molecule has 2 atom stereocenters. The Morgan fingerprint density at radius 2 is 1.61 bits per heavy atom. The first kappa shape index (κ1) is 24.4. The fourth-order valence-electron chi connectivity index (χ4n) is 5.53. The third-order valence-corrected chi connectivity index (χ3v) is 7.49. The van der Waals surface area contributed by atoms with Gasteiger partial charge in [-0.15, -0.1) is 0 Å². The van der Waals surface area contributed by atoms with Crippen LogP contribution >= 0.6 is 11.6 Å². The summed E-state index contributed by atoms with van der Waals surface area (Å²) in [4.78, 5) is 30.2. The minimum absolute atomic E-state index is 0.0537. The van der Waals surface area contributed by atoms with E-state index in [-0.39, 0.29) is 30.0 Å². The topological polar surface area (TPSA) is 49.9 Å². The van der Waals surface area contributed by atoms with Gasteiger partial charge in [0, 0.05) is 34.9 Å². The summed E-state index contributed by atoms with van der Waals surface area (Å²) >= 11 is 6.09. The SMILES string of the molecule is CC(=O)N(c1ccc(Cl)cc1)[C@H]1C[C@@H](C)N(C(=O)c2ccc(OC3CCCC3)cc2)c2ccccc21. The zero-order chi connectivity index (χ0) is 25.2. The van der Waals surface area contributed by atoms with E-state index < -0.39 is 0 Å². The molecule has 3 aromatic carbocycles. The third kappa shape index (κ3) is 4.85. The van der Waals surface area contributed by atoms with E-state index in [4.69, 9.17) is 16.3 Å². The lowest BCUT2D eigenvalue weighted by Gasteiger charge is -2.43. The van der Waals surface area contributed by atoms with Gasteiger partial charge in [-0.1, -0.05) is 29.8 Å². The summed E-state index contributed by atoms with van der Waals surface area (Å²) < 4.78 is 6.07. The van der Waals surface area contributed by atoms with Crippen molar-refractivity contribution in [2.75, 3.05) is 9.80 Å². The second kappa shape index (κ2) is 10.4. The van der Waals surface area contributed by atoms with Crippen molar-refractivity contribution in [1.82, 2.24) is 0 Å². The van der Waals surface area contributed by atoms with Gasteiger partial charge in [0.15, 0.2) is 0 Å². The average molecular weight is 503 g/mol. The molecule has 5 nitrogen and oxygen atoms in total. The molecular formula is C30H31ClN2O3. The van der Waals surface area contributed by atoms with Crippen LogP contribution in [0.1, 0.15) is 67.9 Å². The Balaban J connectivity index is 1.44. The van der Waals surface area contributed by atoms with E-state index in [9.17, 15) is 9.59 Å². The monoisotopic (exact) mass is 502 g/mol. The quantitative estimate of drug-likeness (QED) is 0.371. The van der Waals surface area contributed by atoms with Crippen LogP contribution in [-0.4, -0.2) is 24.0 Å². The molecule has 6 heteroatoms. The molecule has 1 aliphatic carbocycles. The Kier molecular flexibility index (Phi) is 7.01. The van der Waals surface area contributed by atoms with Crippen molar-refractivity contribution in [3.8, 4) is 5.75 Å². The Bertz CT molecular complexity index is 1240. The van der Waals surface area contributed by atoms with Crippen molar-refractivity contribution in [3.05, 3.63) is 88.9 Å². The maximum atomic E-state index is 13.7. The fraction of sp³-hybridized carbons (Fsp3) is 0.333. The van der Waals surface area contributed by atoms with Gasteiger partial charge in [0.2, 0.25) is 5.91 Å². The van der Waals surface area contributed by atoms with E-state index in [0.29, 0.717) is 17.0 Å². The molecule has 0 spiro atoms. The van der Waals surface area contributed by atoms with Crippen molar-refractivity contribution in [2.24, 2.45) is 0 Å². The molecule has 1 aliphatic heterocycles. The van der Waals surface area contributed by atoms with Gasteiger partial charge in [0.1, 0.15) is 5.75 Å². The highest BCUT2D eigenvalue weighted by molar-refractivity contribution is 6.30. The van der Waals surface area contributed by atoms with Crippen molar-refractivity contribution in [2.45, 2.75) is 64.1 Å². The molecule has 0 saturated heterocycles. The number of para-hydroxylation sites is 1. The fourth-order valence-corrected chi connectivity index (χ4v) is 5.66. The molecule has 0 radical (unpaired) electrons. The maximum Gasteiger partial charge on any atom is 0.258 e. The molecule has 0 N–H and O–H groups in total. The predicted octanol–water partition coefficient (Wildman–Crippen LogP) is 7.19. The normalized spacial score (nSPS) is 19.6. The zero-order valence-corrected chi connectivity index (χ0v) is 21.4. The average Bonchev–Trinajstić information content (AvgIpc) is 3.38. The number of carbonyl (C=O) groups is 2. The van der Waals surface area contributed by atoms with E-state index in [1.54, 1.807) is 19.1 Å². The molecule has 2 aliphatic rings. The molecule has 1 saturated carbocycles. The van der Waals surface area contributed by atoms with Crippen LogP contribution in [0.15, 0.2) is 72.8 Å². The molecule has 0 unspecified atom stereocenters. The van der Waals surface area contributed by atoms with Crippen molar-refractivity contribution < 1.29 is 14.3 Å². The van der Waals surface area contributed by atoms with Crippen molar-refractivity contribution in [3.63, 3.8) is 0 Å². The molecule has 0 bridgehead atoms. The highest BCUT2D eigenvalue weighted by Gasteiger charge is 2.38. The van der Waals surface area contributed by atoms with Gasteiger partial charge >= 0.3 is 0 Å². The van der Waals surface area contributed by atoms with Crippen molar-refractivity contribution >= 4 is 34.8 Å². The largest absolute Gasteiger partial charge is 0.490 e. The van der Waals surface area contributed by atoms with Crippen molar-refractivity contribution in [1.29, 1.82) is 0 Å².